The van der Waals surface area contributed by atoms with E-state index in [4.69, 9.17) is 42.1 Å². The second kappa shape index (κ2) is 13.0. The van der Waals surface area contributed by atoms with Crippen LogP contribution in [0.25, 0.3) is 6.08 Å². The molecule has 1 saturated heterocycles. The predicted molar refractivity (Wildman–Crippen MR) is 150 cm³/mol. The highest BCUT2D eigenvalue weighted by Crippen LogP contribution is 2.36. The number of carbonyl (C=O) groups excluding carboxylic acids is 2. The number of methoxy groups -OCH3 is 1. The molecular formula is C28H25Cl2NO6S. The smallest absolute Gasteiger partial charge is 0.293 e. The Morgan fingerprint density at radius 1 is 0.868 bits per heavy atom. The van der Waals surface area contributed by atoms with Crippen molar-refractivity contribution in [1.82, 2.24) is 4.90 Å². The van der Waals surface area contributed by atoms with Gasteiger partial charge < -0.3 is 18.9 Å². The van der Waals surface area contributed by atoms with Gasteiger partial charge in [-0.2, -0.15) is 0 Å². The number of para-hydroxylation sites is 2. The van der Waals surface area contributed by atoms with Gasteiger partial charge in [-0.1, -0.05) is 47.5 Å². The summed E-state index contributed by atoms with van der Waals surface area (Å²) in [7, 11) is 1.55. The molecule has 1 fully saturated rings. The molecule has 0 unspecified atom stereocenters. The van der Waals surface area contributed by atoms with Crippen LogP contribution < -0.4 is 18.9 Å². The number of hydrogen-bond donors (Lipinski definition) is 0. The van der Waals surface area contributed by atoms with Gasteiger partial charge in [-0.3, -0.25) is 14.5 Å². The van der Waals surface area contributed by atoms with Crippen LogP contribution in [0.3, 0.4) is 0 Å². The zero-order valence-electron chi connectivity index (χ0n) is 20.7. The Bertz CT molecular complexity index is 1340. The minimum atomic E-state index is -0.379. The maximum atomic E-state index is 12.9. The molecule has 0 bridgehead atoms. The van der Waals surface area contributed by atoms with Crippen molar-refractivity contribution in [3.63, 3.8) is 0 Å². The summed E-state index contributed by atoms with van der Waals surface area (Å²) in [4.78, 5) is 26.9. The van der Waals surface area contributed by atoms with Gasteiger partial charge in [0.15, 0.2) is 23.0 Å². The van der Waals surface area contributed by atoms with Gasteiger partial charge in [-0.15, -0.1) is 0 Å². The van der Waals surface area contributed by atoms with Gasteiger partial charge in [0.05, 0.1) is 25.2 Å². The Balaban J connectivity index is 1.44. The standard InChI is InChI=1S/C28H25Cl2NO6S/c1-3-35-25-15-18(11-12-24(25)37-17-19-20(29)7-6-8-21(19)30)16-26-27(32)31(28(33)38-26)13-14-36-23-10-5-4-9-22(23)34-2/h4-12,15-16H,3,13-14,17H2,1-2H3/b26-16-. The number of hydrogen-bond acceptors (Lipinski definition) is 7. The second-order valence-corrected chi connectivity index (χ2v) is 9.77. The molecule has 4 rings (SSSR count). The lowest BCUT2D eigenvalue weighted by atomic mass is 10.1. The van der Waals surface area contributed by atoms with Crippen LogP contribution in [0.2, 0.25) is 10.0 Å². The van der Waals surface area contributed by atoms with E-state index < -0.39 is 0 Å². The summed E-state index contributed by atoms with van der Waals surface area (Å²) >= 11 is 13.4. The molecule has 38 heavy (non-hydrogen) atoms. The van der Waals surface area contributed by atoms with E-state index in [0.29, 0.717) is 55.7 Å². The molecule has 0 aliphatic carbocycles. The van der Waals surface area contributed by atoms with E-state index >= 15 is 0 Å². The van der Waals surface area contributed by atoms with E-state index in [-0.39, 0.29) is 30.9 Å². The predicted octanol–water partition coefficient (Wildman–Crippen LogP) is 7.10. The van der Waals surface area contributed by atoms with Crippen molar-refractivity contribution in [2.45, 2.75) is 13.5 Å². The number of imide groups is 1. The first-order valence-corrected chi connectivity index (χ1v) is 13.3. The molecule has 0 saturated carbocycles. The third-order valence-electron chi connectivity index (χ3n) is 5.51. The number of thioether (sulfide) groups is 1. The molecule has 1 aliphatic heterocycles. The summed E-state index contributed by atoms with van der Waals surface area (Å²) in [6.07, 6.45) is 1.66. The number of rotatable bonds is 11. The van der Waals surface area contributed by atoms with Crippen molar-refractivity contribution in [3.05, 3.63) is 86.7 Å². The maximum Gasteiger partial charge on any atom is 0.293 e. The minimum absolute atomic E-state index is 0.113. The number of benzene rings is 3. The van der Waals surface area contributed by atoms with Crippen LogP contribution in [-0.4, -0.2) is 42.9 Å². The highest BCUT2D eigenvalue weighted by Gasteiger charge is 2.35. The Morgan fingerprint density at radius 3 is 2.29 bits per heavy atom. The first-order chi connectivity index (χ1) is 18.4. The normalized spacial score (nSPS) is 14.2. The van der Waals surface area contributed by atoms with Crippen LogP contribution in [0, 0.1) is 0 Å². The van der Waals surface area contributed by atoms with Gasteiger partial charge in [-0.05, 0) is 66.7 Å². The largest absolute Gasteiger partial charge is 0.493 e. The van der Waals surface area contributed by atoms with Crippen molar-refractivity contribution < 1.29 is 28.5 Å². The summed E-state index contributed by atoms with van der Waals surface area (Å²) in [6, 6.07) is 17.7. The number of amides is 2. The summed E-state index contributed by atoms with van der Waals surface area (Å²) in [5.74, 6) is 1.74. The second-order valence-electron chi connectivity index (χ2n) is 7.96. The first-order valence-electron chi connectivity index (χ1n) is 11.7. The van der Waals surface area contributed by atoms with Crippen LogP contribution in [0.1, 0.15) is 18.1 Å². The van der Waals surface area contributed by atoms with Crippen LogP contribution >= 0.6 is 35.0 Å². The number of ether oxygens (including phenoxy) is 4. The van der Waals surface area contributed by atoms with Gasteiger partial charge >= 0.3 is 0 Å². The van der Waals surface area contributed by atoms with Crippen molar-refractivity contribution in [1.29, 1.82) is 0 Å². The summed E-state index contributed by atoms with van der Waals surface area (Å²) in [5.41, 5.74) is 1.36. The highest BCUT2D eigenvalue weighted by atomic mass is 35.5. The van der Waals surface area contributed by atoms with Crippen LogP contribution in [0.4, 0.5) is 4.79 Å². The Labute approximate surface area is 235 Å². The number of halogens is 2. The molecule has 7 nitrogen and oxygen atoms in total. The fourth-order valence-corrected chi connectivity index (χ4v) is 5.02. The Kier molecular flexibility index (Phi) is 9.44. The fraction of sp³-hybridized carbons (Fsp3) is 0.214. The molecule has 0 spiro atoms. The molecule has 2 amide bonds. The van der Waals surface area contributed by atoms with E-state index in [0.717, 1.165) is 11.8 Å². The number of nitrogens with zero attached hydrogens (tertiary/aromatic N) is 1. The fourth-order valence-electron chi connectivity index (χ4n) is 3.65. The lowest BCUT2D eigenvalue weighted by molar-refractivity contribution is -0.123. The van der Waals surface area contributed by atoms with Gasteiger partial charge in [0.1, 0.15) is 13.2 Å². The Morgan fingerprint density at radius 2 is 1.58 bits per heavy atom. The van der Waals surface area contributed by atoms with E-state index in [1.54, 1.807) is 61.7 Å². The first kappa shape index (κ1) is 27.7. The minimum Gasteiger partial charge on any atom is -0.493 e. The third kappa shape index (κ3) is 6.56. The van der Waals surface area contributed by atoms with Crippen molar-refractivity contribution >= 4 is 52.2 Å². The Hall–Kier alpha value is -3.33. The average molecular weight is 574 g/mol. The molecule has 1 aliphatic rings. The summed E-state index contributed by atoms with van der Waals surface area (Å²) in [5, 5.41) is 0.665. The molecule has 3 aromatic rings. The lowest BCUT2D eigenvalue weighted by Gasteiger charge is -2.15. The molecule has 0 atom stereocenters. The molecule has 10 heteroatoms. The quantitative estimate of drug-likeness (QED) is 0.226. The van der Waals surface area contributed by atoms with Gasteiger partial charge in [0, 0.05) is 15.6 Å². The molecule has 198 valence electrons. The third-order valence-corrected chi connectivity index (χ3v) is 7.13. The SMILES string of the molecule is CCOc1cc(/C=C2\SC(=O)N(CCOc3ccccc3OC)C2=O)ccc1OCc1c(Cl)cccc1Cl. The van der Waals surface area contributed by atoms with E-state index in [1.807, 2.05) is 19.1 Å². The van der Waals surface area contributed by atoms with E-state index in [2.05, 4.69) is 0 Å². The summed E-state index contributed by atoms with van der Waals surface area (Å²) in [6.45, 7) is 2.69. The van der Waals surface area contributed by atoms with Crippen molar-refractivity contribution in [2.75, 3.05) is 26.9 Å². The maximum absolute atomic E-state index is 12.9. The highest BCUT2D eigenvalue weighted by molar-refractivity contribution is 8.18. The molecule has 3 aromatic carbocycles. The van der Waals surface area contributed by atoms with Crippen LogP contribution in [0.5, 0.6) is 23.0 Å². The molecule has 0 aromatic heterocycles. The zero-order chi connectivity index (χ0) is 27.1. The molecule has 0 radical (unpaired) electrons. The molecule has 1 heterocycles. The van der Waals surface area contributed by atoms with Crippen molar-refractivity contribution in [2.24, 2.45) is 0 Å². The van der Waals surface area contributed by atoms with E-state index in [1.165, 1.54) is 4.90 Å². The van der Waals surface area contributed by atoms with E-state index in [9.17, 15) is 9.59 Å². The molecular weight excluding hydrogens is 549 g/mol. The average Bonchev–Trinajstić information content (AvgIpc) is 3.17. The van der Waals surface area contributed by atoms with Crippen LogP contribution in [0.15, 0.2) is 65.6 Å². The number of carbonyl (C=O) groups is 2. The monoisotopic (exact) mass is 573 g/mol. The topological polar surface area (TPSA) is 74.3 Å². The van der Waals surface area contributed by atoms with Gasteiger partial charge in [0.25, 0.3) is 11.1 Å². The molecule has 0 N–H and O–H groups in total. The van der Waals surface area contributed by atoms with Crippen molar-refractivity contribution in [3.8, 4) is 23.0 Å². The lowest BCUT2D eigenvalue weighted by Crippen LogP contribution is -2.32. The van der Waals surface area contributed by atoms with Gasteiger partial charge in [0.2, 0.25) is 0 Å². The van der Waals surface area contributed by atoms with Gasteiger partial charge in [-0.25, -0.2) is 0 Å². The summed E-state index contributed by atoms with van der Waals surface area (Å²) < 4.78 is 22.7. The van der Waals surface area contributed by atoms with Crippen LogP contribution in [-0.2, 0) is 11.4 Å². The zero-order valence-corrected chi connectivity index (χ0v) is 23.1.